The molecule has 2 aromatic heterocycles. The Labute approximate surface area is 166 Å². The summed E-state index contributed by atoms with van der Waals surface area (Å²) in [6.45, 7) is 4.00. The zero-order valence-corrected chi connectivity index (χ0v) is 16.2. The highest BCUT2D eigenvalue weighted by molar-refractivity contribution is 6.37. The van der Waals surface area contributed by atoms with Crippen molar-refractivity contribution in [3.8, 4) is 0 Å². The molecule has 0 unspecified atom stereocenters. The molecule has 140 valence electrons. The summed E-state index contributed by atoms with van der Waals surface area (Å²) in [6.07, 6.45) is 4.68. The second-order valence-electron chi connectivity index (χ2n) is 5.31. The molecule has 3 rings (SSSR count). The van der Waals surface area contributed by atoms with Gasteiger partial charge in [0.15, 0.2) is 17.4 Å². The van der Waals surface area contributed by atoms with Crippen LogP contribution in [-0.2, 0) is 6.42 Å². The summed E-state index contributed by atoms with van der Waals surface area (Å²) < 4.78 is 14.1. The second-order valence-corrected chi connectivity index (χ2v) is 6.12. The van der Waals surface area contributed by atoms with Gasteiger partial charge in [-0.2, -0.15) is 0 Å². The van der Waals surface area contributed by atoms with E-state index in [1.807, 2.05) is 13.8 Å². The number of H-pyrrole nitrogens is 1. The number of Topliss-reactive ketones (excluding diaryl/α,β-unsaturated/α-hetero) is 1. The minimum atomic E-state index is -0.886. The summed E-state index contributed by atoms with van der Waals surface area (Å²) in [6, 6.07) is 7.51. The number of pyridine rings is 1. The average molecular weight is 407 g/mol. The standard InChI is InChI=1S/C18H11Cl2FN2O2.C2H6/c19-12-3-4-13(20)17(21)16(12)18(25)11-7-14(23-9-11)15(24)6-10-2-1-5-22-8-10;1-2/h1-5,7-9,23H,6H2;1-2H3. The van der Waals surface area contributed by atoms with E-state index in [1.165, 1.54) is 24.4 Å². The van der Waals surface area contributed by atoms with E-state index in [9.17, 15) is 14.0 Å². The molecule has 0 bridgehead atoms. The van der Waals surface area contributed by atoms with Crippen molar-refractivity contribution in [2.45, 2.75) is 20.3 Å². The Kier molecular flexibility index (Phi) is 7.28. The summed E-state index contributed by atoms with van der Waals surface area (Å²) in [5.74, 6) is -1.75. The molecule has 0 aliphatic rings. The van der Waals surface area contributed by atoms with Crippen molar-refractivity contribution in [1.82, 2.24) is 9.97 Å². The predicted octanol–water partition coefficient (Wildman–Crippen LogP) is 5.54. The summed E-state index contributed by atoms with van der Waals surface area (Å²) in [5, 5.41) is -0.243. The molecule has 0 amide bonds. The van der Waals surface area contributed by atoms with Gasteiger partial charge < -0.3 is 4.98 Å². The molecule has 7 heteroatoms. The molecule has 0 saturated heterocycles. The van der Waals surface area contributed by atoms with Gasteiger partial charge in [0, 0.05) is 30.6 Å². The van der Waals surface area contributed by atoms with Crippen LogP contribution in [0.4, 0.5) is 4.39 Å². The molecule has 4 nitrogen and oxygen atoms in total. The Morgan fingerprint density at radius 1 is 1.15 bits per heavy atom. The maximum atomic E-state index is 14.1. The van der Waals surface area contributed by atoms with Crippen LogP contribution in [0.15, 0.2) is 48.9 Å². The zero-order chi connectivity index (χ0) is 20.0. The van der Waals surface area contributed by atoms with Gasteiger partial charge in [-0.15, -0.1) is 0 Å². The van der Waals surface area contributed by atoms with Crippen molar-refractivity contribution < 1.29 is 14.0 Å². The van der Waals surface area contributed by atoms with Gasteiger partial charge >= 0.3 is 0 Å². The van der Waals surface area contributed by atoms with Crippen LogP contribution >= 0.6 is 23.2 Å². The second kappa shape index (κ2) is 9.44. The first kappa shape index (κ1) is 20.8. The number of nitrogens with one attached hydrogen (secondary N) is 1. The van der Waals surface area contributed by atoms with Crippen molar-refractivity contribution in [1.29, 1.82) is 0 Å². The Hall–Kier alpha value is -2.50. The van der Waals surface area contributed by atoms with Gasteiger partial charge in [0.05, 0.1) is 21.3 Å². The molecule has 3 aromatic rings. The first-order valence-corrected chi connectivity index (χ1v) is 9.01. The number of ketones is 2. The lowest BCUT2D eigenvalue weighted by atomic mass is 10.0. The number of aromatic nitrogens is 2. The topological polar surface area (TPSA) is 62.8 Å². The van der Waals surface area contributed by atoms with Gasteiger partial charge in [0.2, 0.25) is 0 Å². The molecule has 0 aliphatic carbocycles. The number of hydrogen-bond donors (Lipinski definition) is 1. The Bertz CT molecular complexity index is 956. The first-order chi connectivity index (χ1) is 13.0. The SMILES string of the molecule is CC.O=C(Cc1cccnc1)c1cc(C(=O)c2c(Cl)ccc(Cl)c2F)c[nH]1. The molecule has 1 N–H and O–H groups in total. The highest BCUT2D eigenvalue weighted by atomic mass is 35.5. The van der Waals surface area contributed by atoms with Crippen LogP contribution in [0, 0.1) is 5.82 Å². The largest absolute Gasteiger partial charge is 0.358 e. The van der Waals surface area contributed by atoms with Crippen LogP contribution in [0.2, 0.25) is 10.0 Å². The highest BCUT2D eigenvalue weighted by Gasteiger charge is 2.22. The lowest BCUT2D eigenvalue weighted by Gasteiger charge is -2.05. The molecule has 1 aromatic carbocycles. The Morgan fingerprint density at radius 3 is 2.52 bits per heavy atom. The fourth-order valence-corrected chi connectivity index (χ4v) is 2.74. The van der Waals surface area contributed by atoms with Crippen LogP contribution in [0.1, 0.15) is 45.8 Å². The van der Waals surface area contributed by atoms with E-state index in [0.29, 0.717) is 0 Å². The number of rotatable bonds is 5. The van der Waals surface area contributed by atoms with Crippen LogP contribution in [-0.4, -0.2) is 21.5 Å². The minimum absolute atomic E-state index is 0.0451. The van der Waals surface area contributed by atoms with E-state index >= 15 is 0 Å². The molecule has 0 aliphatic heterocycles. The van der Waals surface area contributed by atoms with Crippen LogP contribution in [0.5, 0.6) is 0 Å². The fourth-order valence-electron chi connectivity index (χ4n) is 2.35. The number of carbonyl (C=O) groups is 2. The molecule has 0 spiro atoms. The number of hydrogen-bond acceptors (Lipinski definition) is 3. The van der Waals surface area contributed by atoms with Gasteiger partial charge in [0.25, 0.3) is 0 Å². The first-order valence-electron chi connectivity index (χ1n) is 8.26. The third kappa shape index (κ3) is 4.81. The molecular formula is C20H17Cl2FN2O2. The van der Waals surface area contributed by atoms with E-state index in [-0.39, 0.29) is 39.1 Å². The molecule has 0 radical (unpaired) electrons. The monoisotopic (exact) mass is 406 g/mol. The average Bonchev–Trinajstić information content (AvgIpc) is 3.18. The molecule has 27 heavy (non-hydrogen) atoms. The van der Waals surface area contributed by atoms with E-state index in [1.54, 1.807) is 24.5 Å². The van der Waals surface area contributed by atoms with E-state index in [4.69, 9.17) is 23.2 Å². The van der Waals surface area contributed by atoms with Crippen LogP contribution < -0.4 is 0 Å². The van der Waals surface area contributed by atoms with Gasteiger partial charge in [-0.3, -0.25) is 14.6 Å². The van der Waals surface area contributed by atoms with Crippen molar-refractivity contribution in [2.24, 2.45) is 0 Å². The van der Waals surface area contributed by atoms with E-state index in [0.717, 1.165) is 5.56 Å². The third-order valence-corrected chi connectivity index (χ3v) is 4.21. The molecule has 0 saturated carbocycles. The number of aromatic amines is 1. The Morgan fingerprint density at radius 2 is 1.85 bits per heavy atom. The van der Waals surface area contributed by atoms with Crippen molar-refractivity contribution in [3.63, 3.8) is 0 Å². The van der Waals surface area contributed by atoms with Gasteiger partial charge in [-0.25, -0.2) is 4.39 Å². The summed E-state index contributed by atoms with van der Waals surface area (Å²) in [4.78, 5) is 31.5. The van der Waals surface area contributed by atoms with Crippen molar-refractivity contribution in [3.05, 3.63) is 87.2 Å². The van der Waals surface area contributed by atoms with Gasteiger partial charge in [-0.05, 0) is 29.8 Å². The minimum Gasteiger partial charge on any atom is -0.358 e. The predicted molar refractivity (Wildman–Crippen MR) is 104 cm³/mol. The smallest absolute Gasteiger partial charge is 0.199 e. The van der Waals surface area contributed by atoms with E-state index in [2.05, 4.69) is 9.97 Å². The molecule has 0 fully saturated rings. The number of carbonyl (C=O) groups excluding carboxylic acids is 2. The lowest BCUT2D eigenvalue weighted by Crippen LogP contribution is -2.06. The summed E-state index contributed by atoms with van der Waals surface area (Å²) in [7, 11) is 0. The highest BCUT2D eigenvalue weighted by Crippen LogP contribution is 2.28. The Balaban J connectivity index is 0.00000126. The van der Waals surface area contributed by atoms with Crippen LogP contribution in [0.3, 0.4) is 0 Å². The number of halogens is 3. The van der Waals surface area contributed by atoms with E-state index < -0.39 is 11.6 Å². The maximum Gasteiger partial charge on any atom is 0.199 e. The summed E-state index contributed by atoms with van der Waals surface area (Å²) >= 11 is 11.6. The molecular weight excluding hydrogens is 390 g/mol. The quantitative estimate of drug-likeness (QED) is 0.446. The number of nitrogens with zero attached hydrogens (tertiary/aromatic N) is 1. The van der Waals surface area contributed by atoms with Gasteiger partial charge in [-0.1, -0.05) is 43.1 Å². The van der Waals surface area contributed by atoms with Crippen LogP contribution in [0.25, 0.3) is 0 Å². The number of benzene rings is 1. The summed E-state index contributed by atoms with van der Waals surface area (Å²) in [5.41, 5.74) is 0.793. The fraction of sp³-hybridized carbons (Fsp3) is 0.150. The third-order valence-electron chi connectivity index (χ3n) is 3.60. The normalized spacial score (nSPS) is 10.1. The van der Waals surface area contributed by atoms with Crippen molar-refractivity contribution >= 4 is 34.8 Å². The van der Waals surface area contributed by atoms with Crippen molar-refractivity contribution in [2.75, 3.05) is 0 Å². The molecule has 2 heterocycles. The maximum absolute atomic E-state index is 14.1. The lowest BCUT2D eigenvalue weighted by molar-refractivity contribution is 0.0988. The zero-order valence-electron chi connectivity index (χ0n) is 14.7. The molecule has 0 atom stereocenters. The van der Waals surface area contributed by atoms with Gasteiger partial charge in [0.1, 0.15) is 0 Å².